The molecular formula is C15H18BrN3S. The zero-order valence-electron chi connectivity index (χ0n) is 11.7. The summed E-state index contributed by atoms with van der Waals surface area (Å²) in [4.78, 5) is 1.23. The summed E-state index contributed by atoms with van der Waals surface area (Å²) in [6.45, 7) is 3.01. The van der Waals surface area contributed by atoms with Crippen molar-refractivity contribution in [3.8, 4) is 0 Å². The van der Waals surface area contributed by atoms with Crippen LogP contribution in [0, 0.1) is 6.92 Å². The van der Waals surface area contributed by atoms with Crippen LogP contribution in [0.5, 0.6) is 0 Å². The second kappa shape index (κ2) is 5.92. The van der Waals surface area contributed by atoms with Gasteiger partial charge in [-0.25, -0.2) is 0 Å². The molecule has 0 aliphatic heterocycles. The second-order valence-electron chi connectivity index (χ2n) is 5.21. The van der Waals surface area contributed by atoms with Gasteiger partial charge in [0.25, 0.3) is 0 Å². The fourth-order valence-electron chi connectivity index (χ4n) is 2.19. The van der Waals surface area contributed by atoms with E-state index in [9.17, 15) is 0 Å². The van der Waals surface area contributed by atoms with Gasteiger partial charge in [0.05, 0.1) is 5.69 Å². The molecule has 3 rings (SSSR count). The summed E-state index contributed by atoms with van der Waals surface area (Å²) in [5.41, 5.74) is 2.45. The first kappa shape index (κ1) is 14.2. The monoisotopic (exact) mass is 351 g/mol. The topological polar surface area (TPSA) is 29.9 Å². The van der Waals surface area contributed by atoms with Gasteiger partial charge in [0.15, 0.2) is 0 Å². The van der Waals surface area contributed by atoms with Crippen LogP contribution in [0.1, 0.15) is 24.1 Å². The Morgan fingerprint density at radius 3 is 2.95 bits per heavy atom. The quantitative estimate of drug-likeness (QED) is 0.885. The molecule has 3 nitrogen and oxygen atoms in total. The van der Waals surface area contributed by atoms with Crippen LogP contribution in [0.3, 0.4) is 0 Å². The SMILES string of the molecule is Cc1nn(C)c(Sc2cccc(Br)c2)c1CNC1CC1. The smallest absolute Gasteiger partial charge is 0.103 e. The van der Waals surface area contributed by atoms with E-state index >= 15 is 0 Å². The van der Waals surface area contributed by atoms with Gasteiger partial charge in [-0.2, -0.15) is 5.10 Å². The summed E-state index contributed by atoms with van der Waals surface area (Å²) < 4.78 is 3.10. The van der Waals surface area contributed by atoms with E-state index in [-0.39, 0.29) is 0 Å². The number of rotatable bonds is 5. The highest BCUT2D eigenvalue weighted by atomic mass is 79.9. The standard InChI is InChI=1S/C15H18BrN3S/c1-10-14(9-17-12-6-7-12)15(19(2)18-10)20-13-5-3-4-11(16)8-13/h3-5,8,12,17H,6-7,9H2,1-2H3. The Morgan fingerprint density at radius 1 is 1.45 bits per heavy atom. The van der Waals surface area contributed by atoms with Crippen molar-refractivity contribution >= 4 is 27.7 Å². The summed E-state index contributed by atoms with van der Waals surface area (Å²) in [5.74, 6) is 0. The van der Waals surface area contributed by atoms with Gasteiger partial charge in [0.1, 0.15) is 5.03 Å². The van der Waals surface area contributed by atoms with Gasteiger partial charge in [0, 0.05) is 34.6 Å². The molecule has 0 radical (unpaired) electrons. The highest BCUT2D eigenvalue weighted by molar-refractivity contribution is 9.10. The van der Waals surface area contributed by atoms with Crippen molar-refractivity contribution in [2.24, 2.45) is 7.05 Å². The van der Waals surface area contributed by atoms with Crippen LogP contribution in [0.25, 0.3) is 0 Å². The van der Waals surface area contributed by atoms with Gasteiger partial charge in [-0.05, 0) is 38.0 Å². The van der Waals surface area contributed by atoms with E-state index in [4.69, 9.17) is 0 Å². The number of nitrogens with one attached hydrogen (secondary N) is 1. The maximum atomic E-state index is 4.57. The molecule has 0 spiro atoms. The molecule has 1 aromatic carbocycles. The molecule has 1 aromatic heterocycles. The predicted octanol–water partition coefficient (Wildman–Crippen LogP) is 3.89. The number of aryl methyl sites for hydroxylation is 2. The Hall–Kier alpha value is -0.780. The molecule has 0 amide bonds. The average Bonchev–Trinajstić information content (AvgIpc) is 3.17. The Labute approximate surface area is 132 Å². The molecular weight excluding hydrogens is 334 g/mol. The molecule has 1 aliphatic rings. The van der Waals surface area contributed by atoms with Crippen LogP contribution in [-0.2, 0) is 13.6 Å². The number of nitrogens with zero attached hydrogens (tertiary/aromatic N) is 2. The molecule has 2 aromatic rings. The number of hydrogen-bond acceptors (Lipinski definition) is 3. The van der Waals surface area contributed by atoms with E-state index in [1.165, 1.54) is 28.3 Å². The van der Waals surface area contributed by atoms with Gasteiger partial charge in [-0.1, -0.05) is 33.8 Å². The molecule has 106 valence electrons. The van der Waals surface area contributed by atoms with E-state index in [1.54, 1.807) is 11.8 Å². The molecule has 0 saturated heterocycles. The van der Waals surface area contributed by atoms with Gasteiger partial charge in [-0.15, -0.1) is 0 Å². The summed E-state index contributed by atoms with van der Waals surface area (Å²) in [7, 11) is 2.02. The lowest BCUT2D eigenvalue weighted by Gasteiger charge is -2.08. The Kier molecular flexibility index (Phi) is 4.19. The van der Waals surface area contributed by atoms with Gasteiger partial charge in [-0.3, -0.25) is 4.68 Å². The Balaban J connectivity index is 1.83. The lowest BCUT2D eigenvalue weighted by molar-refractivity contribution is 0.658. The Bertz CT molecular complexity index is 620. The minimum absolute atomic E-state index is 0.721. The van der Waals surface area contributed by atoms with Crippen molar-refractivity contribution in [1.82, 2.24) is 15.1 Å². The number of hydrogen-bond donors (Lipinski definition) is 1. The third-order valence-corrected chi connectivity index (χ3v) is 5.13. The van der Waals surface area contributed by atoms with Gasteiger partial charge < -0.3 is 5.32 Å². The first-order valence-electron chi connectivity index (χ1n) is 6.83. The fourth-order valence-corrected chi connectivity index (χ4v) is 3.81. The minimum Gasteiger partial charge on any atom is -0.310 e. The summed E-state index contributed by atoms with van der Waals surface area (Å²) >= 11 is 5.31. The third kappa shape index (κ3) is 3.27. The molecule has 5 heteroatoms. The third-order valence-electron chi connectivity index (χ3n) is 3.44. The van der Waals surface area contributed by atoms with Gasteiger partial charge in [0.2, 0.25) is 0 Å². The largest absolute Gasteiger partial charge is 0.310 e. The van der Waals surface area contributed by atoms with Gasteiger partial charge >= 0.3 is 0 Å². The van der Waals surface area contributed by atoms with Crippen LogP contribution >= 0.6 is 27.7 Å². The van der Waals surface area contributed by atoms with Crippen LogP contribution in [0.4, 0.5) is 0 Å². The number of aromatic nitrogens is 2. The maximum absolute atomic E-state index is 4.57. The molecule has 1 fully saturated rings. The van der Waals surface area contributed by atoms with Crippen molar-refractivity contribution < 1.29 is 0 Å². The fraction of sp³-hybridized carbons (Fsp3) is 0.400. The van der Waals surface area contributed by atoms with Crippen molar-refractivity contribution in [2.45, 2.75) is 42.3 Å². The number of halogens is 1. The number of benzene rings is 1. The van der Waals surface area contributed by atoms with Crippen molar-refractivity contribution in [1.29, 1.82) is 0 Å². The highest BCUT2D eigenvalue weighted by Gasteiger charge is 2.22. The maximum Gasteiger partial charge on any atom is 0.103 e. The second-order valence-corrected chi connectivity index (χ2v) is 7.19. The summed E-state index contributed by atoms with van der Waals surface area (Å²) in [6.07, 6.45) is 2.63. The van der Waals surface area contributed by atoms with E-state index in [2.05, 4.69) is 51.5 Å². The van der Waals surface area contributed by atoms with E-state index in [0.29, 0.717) is 0 Å². The molecule has 0 atom stereocenters. The van der Waals surface area contributed by atoms with Crippen molar-refractivity contribution in [3.63, 3.8) is 0 Å². The molecule has 0 bridgehead atoms. The zero-order valence-corrected chi connectivity index (χ0v) is 14.1. The molecule has 0 unspecified atom stereocenters. The van der Waals surface area contributed by atoms with Crippen LogP contribution in [0.2, 0.25) is 0 Å². The van der Waals surface area contributed by atoms with Crippen molar-refractivity contribution in [3.05, 3.63) is 40.0 Å². The predicted molar refractivity (Wildman–Crippen MR) is 86.1 cm³/mol. The molecule has 1 heterocycles. The van der Waals surface area contributed by atoms with Crippen LogP contribution in [0.15, 0.2) is 38.7 Å². The lowest BCUT2D eigenvalue weighted by Crippen LogP contribution is -2.16. The van der Waals surface area contributed by atoms with E-state index in [1.807, 2.05) is 17.8 Å². The molecule has 20 heavy (non-hydrogen) atoms. The lowest BCUT2D eigenvalue weighted by atomic mass is 10.2. The average molecular weight is 352 g/mol. The summed E-state index contributed by atoms with van der Waals surface area (Å²) in [6, 6.07) is 9.12. The van der Waals surface area contributed by atoms with Crippen molar-refractivity contribution in [2.75, 3.05) is 0 Å². The Morgan fingerprint density at radius 2 is 2.25 bits per heavy atom. The first-order valence-corrected chi connectivity index (χ1v) is 8.43. The molecule has 1 saturated carbocycles. The summed E-state index contributed by atoms with van der Waals surface area (Å²) in [5, 5.41) is 9.39. The zero-order chi connectivity index (χ0) is 14.1. The van der Waals surface area contributed by atoms with Crippen LogP contribution < -0.4 is 5.32 Å². The molecule has 1 N–H and O–H groups in total. The molecule has 1 aliphatic carbocycles. The first-order chi connectivity index (χ1) is 9.63. The van der Waals surface area contributed by atoms with E-state index in [0.717, 1.165) is 22.8 Å². The van der Waals surface area contributed by atoms with Crippen LogP contribution in [-0.4, -0.2) is 15.8 Å². The minimum atomic E-state index is 0.721. The normalized spacial score (nSPS) is 14.8. The van der Waals surface area contributed by atoms with E-state index < -0.39 is 0 Å². The highest BCUT2D eigenvalue weighted by Crippen LogP contribution is 2.33.